The highest BCUT2D eigenvalue weighted by Gasteiger charge is 2.04. The standard InChI is InChI=1S/C15H15BrO3/c1-2-18-15(17)10-19-14-6-5-12-7-11(9-16)3-4-13(12)8-14/h3-8H,2,9-10H2,1H3. The monoisotopic (exact) mass is 322 g/mol. The molecule has 2 aromatic rings. The Balaban J connectivity index is 2.11. The Morgan fingerprint density at radius 3 is 2.63 bits per heavy atom. The first-order chi connectivity index (χ1) is 9.22. The second-order valence-electron chi connectivity index (χ2n) is 4.07. The number of benzene rings is 2. The normalized spacial score (nSPS) is 10.4. The summed E-state index contributed by atoms with van der Waals surface area (Å²) in [7, 11) is 0. The maximum Gasteiger partial charge on any atom is 0.344 e. The van der Waals surface area contributed by atoms with Crippen LogP contribution in [0.5, 0.6) is 5.75 Å². The molecule has 19 heavy (non-hydrogen) atoms. The zero-order valence-corrected chi connectivity index (χ0v) is 12.3. The first-order valence-corrected chi connectivity index (χ1v) is 7.22. The summed E-state index contributed by atoms with van der Waals surface area (Å²) >= 11 is 3.44. The minimum absolute atomic E-state index is 0.0567. The van der Waals surface area contributed by atoms with E-state index < -0.39 is 0 Å². The summed E-state index contributed by atoms with van der Waals surface area (Å²) in [6.07, 6.45) is 0. The first kappa shape index (κ1) is 13.9. The Hall–Kier alpha value is -1.55. The largest absolute Gasteiger partial charge is 0.482 e. The highest BCUT2D eigenvalue weighted by atomic mass is 79.9. The van der Waals surface area contributed by atoms with E-state index in [0.717, 1.165) is 16.1 Å². The van der Waals surface area contributed by atoms with E-state index in [9.17, 15) is 4.79 Å². The van der Waals surface area contributed by atoms with Crippen LogP contribution in [0.25, 0.3) is 10.8 Å². The van der Waals surface area contributed by atoms with E-state index >= 15 is 0 Å². The number of fused-ring (bicyclic) bond motifs is 1. The van der Waals surface area contributed by atoms with Gasteiger partial charge in [0, 0.05) is 5.33 Å². The van der Waals surface area contributed by atoms with Gasteiger partial charge in [-0.15, -0.1) is 0 Å². The number of alkyl halides is 1. The minimum Gasteiger partial charge on any atom is -0.482 e. The van der Waals surface area contributed by atoms with E-state index in [2.05, 4.69) is 28.1 Å². The third kappa shape index (κ3) is 3.70. The van der Waals surface area contributed by atoms with Crippen molar-refractivity contribution in [1.82, 2.24) is 0 Å². The van der Waals surface area contributed by atoms with Crippen LogP contribution in [-0.4, -0.2) is 19.2 Å². The highest BCUT2D eigenvalue weighted by molar-refractivity contribution is 9.08. The molecule has 0 heterocycles. The topological polar surface area (TPSA) is 35.5 Å². The van der Waals surface area contributed by atoms with E-state index in [1.807, 2.05) is 24.3 Å². The highest BCUT2D eigenvalue weighted by Crippen LogP contribution is 2.22. The molecule has 0 amide bonds. The van der Waals surface area contributed by atoms with Crippen molar-refractivity contribution in [3.8, 4) is 5.75 Å². The summed E-state index contributed by atoms with van der Waals surface area (Å²) in [5.74, 6) is 0.323. The van der Waals surface area contributed by atoms with Gasteiger partial charge in [0.25, 0.3) is 0 Å². The molecule has 0 aliphatic carbocycles. The molecule has 0 fully saturated rings. The van der Waals surface area contributed by atoms with Crippen LogP contribution in [-0.2, 0) is 14.9 Å². The van der Waals surface area contributed by atoms with Crippen LogP contribution in [0.2, 0.25) is 0 Å². The van der Waals surface area contributed by atoms with Gasteiger partial charge in [-0.05, 0) is 35.4 Å². The molecule has 0 spiro atoms. The summed E-state index contributed by atoms with van der Waals surface area (Å²) in [5.41, 5.74) is 1.23. The second-order valence-corrected chi connectivity index (χ2v) is 4.63. The quantitative estimate of drug-likeness (QED) is 0.622. The van der Waals surface area contributed by atoms with Crippen molar-refractivity contribution in [3.05, 3.63) is 42.0 Å². The van der Waals surface area contributed by atoms with Crippen molar-refractivity contribution in [2.75, 3.05) is 13.2 Å². The number of hydrogen-bond acceptors (Lipinski definition) is 3. The van der Waals surface area contributed by atoms with Crippen molar-refractivity contribution >= 4 is 32.7 Å². The summed E-state index contributed by atoms with van der Waals surface area (Å²) in [4.78, 5) is 11.2. The molecule has 0 N–H and O–H groups in total. The van der Waals surface area contributed by atoms with Crippen LogP contribution in [0, 0.1) is 0 Å². The second kappa shape index (κ2) is 6.57. The molecule has 100 valence electrons. The molecular weight excluding hydrogens is 308 g/mol. The van der Waals surface area contributed by atoms with Gasteiger partial charge in [0.1, 0.15) is 5.75 Å². The van der Waals surface area contributed by atoms with Gasteiger partial charge in [-0.1, -0.05) is 40.2 Å². The number of carbonyl (C=O) groups is 1. The molecule has 2 aromatic carbocycles. The number of halogens is 1. The molecule has 0 saturated heterocycles. The molecule has 4 heteroatoms. The molecule has 0 bridgehead atoms. The van der Waals surface area contributed by atoms with Crippen LogP contribution in [0.1, 0.15) is 12.5 Å². The molecule has 0 aliphatic rings. The lowest BCUT2D eigenvalue weighted by molar-refractivity contribution is -0.145. The summed E-state index contributed by atoms with van der Waals surface area (Å²) < 4.78 is 10.2. The van der Waals surface area contributed by atoms with E-state index in [1.54, 1.807) is 6.92 Å². The molecule has 3 nitrogen and oxygen atoms in total. The van der Waals surface area contributed by atoms with E-state index in [1.165, 1.54) is 5.56 Å². The van der Waals surface area contributed by atoms with Crippen molar-refractivity contribution in [2.45, 2.75) is 12.3 Å². The smallest absolute Gasteiger partial charge is 0.344 e. The predicted octanol–water partition coefficient (Wildman–Crippen LogP) is 3.68. The van der Waals surface area contributed by atoms with Gasteiger partial charge in [-0.3, -0.25) is 0 Å². The van der Waals surface area contributed by atoms with Gasteiger partial charge >= 0.3 is 5.97 Å². The first-order valence-electron chi connectivity index (χ1n) is 6.10. The zero-order chi connectivity index (χ0) is 13.7. The van der Waals surface area contributed by atoms with E-state index in [-0.39, 0.29) is 12.6 Å². The number of ether oxygens (including phenoxy) is 2. The van der Waals surface area contributed by atoms with Crippen molar-refractivity contribution < 1.29 is 14.3 Å². The SMILES string of the molecule is CCOC(=O)COc1ccc2cc(CBr)ccc2c1. The van der Waals surface area contributed by atoms with E-state index in [0.29, 0.717) is 12.4 Å². The van der Waals surface area contributed by atoms with Crippen molar-refractivity contribution in [2.24, 2.45) is 0 Å². The Morgan fingerprint density at radius 1 is 1.16 bits per heavy atom. The van der Waals surface area contributed by atoms with Gasteiger partial charge < -0.3 is 9.47 Å². The number of hydrogen-bond donors (Lipinski definition) is 0. The van der Waals surface area contributed by atoms with E-state index in [4.69, 9.17) is 9.47 Å². The fourth-order valence-corrected chi connectivity index (χ4v) is 2.14. The fraction of sp³-hybridized carbons (Fsp3) is 0.267. The number of rotatable bonds is 5. The summed E-state index contributed by atoms with van der Waals surface area (Å²) in [5, 5.41) is 3.08. The molecule has 0 atom stereocenters. The average Bonchev–Trinajstić information content (AvgIpc) is 2.44. The minimum atomic E-state index is -0.350. The van der Waals surface area contributed by atoms with Crippen LogP contribution >= 0.6 is 15.9 Å². The Kier molecular flexibility index (Phi) is 4.80. The lowest BCUT2D eigenvalue weighted by Gasteiger charge is -2.07. The lowest BCUT2D eigenvalue weighted by Crippen LogP contribution is -2.14. The molecule has 0 radical (unpaired) electrons. The fourth-order valence-electron chi connectivity index (χ4n) is 1.79. The Bertz CT molecular complexity index is 581. The van der Waals surface area contributed by atoms with Crippen LogP contribution in [0.4, 0.5) is 0 Å². The van der Waals surface area contributed by atoms with Crippen LogP contribution < -0.4 is 4.74 Å². The lowest BCUT2D eigenvalue weighted by atomic mass is 10.1. The van der Waals surface area contributed by atoms with Gasteiger partial charge in [0.2, 0.25) is 0 Å². The maximum absolute atomic E-state index is 11.2. The molecular formula is C15H15BrO3. The average molecular weight is 323 g/mol. The molecule has 0 unspecified atom stereocenters. The van der Waals surface area contributed by atoms with Gasteiger partial charge in [0.15, 0.2) is 6.61 Å². The Labute approximate surface area is 120 Å². The molecule has 0 aromatic heterocycles. The zero-order valence-electron chi connectivity index (χ0n) is 10.7. The number of esters is 1. The predicted molar refractivity (Wildman–Crippen MR) is 78.7 cm³/mol. The summed E-state index contributed by atoms with van der Waals surface area (Å²) in [6, 6.07) is 12.0. The third-order valence-electron chi connectivity index (χ3n) is 2.69. The van der Waals surface area contributed by atoms with Crippen LogP contribution in [0.3, 0.4) is 0 Å². The van der Waals surface area contributed by atoms with Gasteiger partial charge in [-0.25, -0.2) is 4.79 Å². The maximum atomic E-state index is 11.2. The van der Waals surface area contributed by atoms with Gasteiger partial charge in [-0.2, -0.15) is 0 Å². The number of carbonyl (C=O) groups excluding carboxylic acids is 1. The van der Waals surface area contributed by atoms with Crippen LogP contribution in [0.15, 0.2) is 36.4 Å². The Morgan fingerprint density at radius 2 is 1.89 bits per heavy atom. The molecule has 2 rings (SSSR count). The molecule has 0 aliphatic heterocycles. The van der Waals surface area contributed by atoms with Crippen molar-refractivity contribution in [1.29, 1.82) is 0 Å². The van der Waals surface area contributed by atoms with Gasteiger partial charge in [0.05, 0.1) is 6.61 Å². The molecule has 0 saturated carbocycles. The third-order valence-corrected chi connectivity index (χ3v) is 3.34. The summed E-state index contributed by atoms with van der Waals surface area (Å²) in [6.45, 7) is 2.09. The van der Waals surface area contributed by atoms with Crippen molar-refractivity contribution in [3.63, 3.8) is 0 Å².